The van der Waals surface area contributed by atoms with Crippen LogP contribution in [-0.4, -0.2) is 50.2 Å². The Morgan fingerprint density at radius 3 is 2.79 bits per heavy atom. The second-order valence-electron chi connectivity index (χ2n) is 5.13. The number of hydrogen-bond donors (Lipinski definition) is 2. The lowest BCUT2D eigenvalue weighted by Crippen LogP contribution is -2.42. The lowest BCUT2D eigenvalue weighted by Gasteiger charge is -2.29. The van der Waals surface area contributed by atoms with E-state index < -0.39 is 11.9 Å². The van der Waals surface area contributed by atoms with E-state index >= 15 is 0 Å². The summed E-state index contributed by atoms with van der Waals surface area (Å²) in [4.78, 5) is 28.8. The molecule has 104 valence electrons. The molecule has 1 aliphatic heterocycles. The van der Waals surface area contributed by atoms with Crippen molar-refractivity contribution in [1.82, 2.24) is 20.1 Å². The Hall–Kier alpha value is -1.92. The molecular weight excluding hydrogens is 248 g/mol. The lowest BCUT2D eigenvalue weighted by atomic mass is 9.98. The fraction of sp³-hybridized carbons (Fsp3) is 0.667. The van der Waals surface area contributed by atoms with Gasteiger partial charge in [0.15, 0.2) is 0 Å². The molecule has 1 atom stereocenters. The van der Waals surface area contributed by atoms with E-state index in [-0.39, 0.29) is 24.2 Å². The highest BCUT2D eigenvalue weighted by Crippen LogP contribution is 2.18. The monoisotopic (exact) mass is 266 g/mol. The maximum Gasteiger partial charge on any atom is 0.308 e. The molecule has 1 aromatic heterocycles. The summed E-state index contributed by atoms with van der Waals surface area (Å²) in [5.41, 5.74) is 0. The quantitative estimate of drug-likeness (QED) is 0.845. The highest BCUT2D eigenvalue weighted by molar-refractivity contribution is 5.90. The Balaban J connectivity index is 2.08. The van der Waals surface area contributed by atoms with Gasteiger partial charge in [-0.15, -0.1) is 5.10 Å². The molecule has 19 heavy (non-hydrogen) atoms. The molecule has 1 aromatic rings. The number of H-pyrrole nitrogens is 1. The van der Waals surface area contributed by atoms with Crippen LogP contribution in [0.2, 0.25) is 0 Å². The predicted molar refractivity (Wildman–Crippen MR) is 66.7 cm³/mol. The van der Waals surface area contributed by atoms with Crippen molar-refractivity contribution in [3.05, 3.63) is 11.6 Å². The lowest BCUT2D eigenvalue weighted by molar-refractivity contribution is -0.143. The highest BCUT2D eigenvalue weighted by atomic mass is 16.4. The van der Waals surface area contributed by atoms with E-state index in [9.17, 15) is 9.59 Å². The molecule has 2 heterocycles. The highest BCUT2D eigenvalue weighted by Gasteiger charge is 2.30. The molecule has 0 radical (unpaired) electrons. The first-order valence-electron chi connectivity index (χ1n) is 6.43. The number of aliphatic carboxylic acids is 1. The molecule has 7 heteroatoms. The summed E-state index contributed by atoms with van der Waals surface area (Å²) in [5.74, 6) is -0.683. The van der Waals surface area contributed by atoms with Crippen LogP contribution in [0.4, 0.5) is 0 Å². The van der Waals surface area contributed by atoms with E-state index in [1.807, 2.05) is 13.8 Å². The second kappa shape index (κ2) is 5.38. The zero-order valence-corrected chi connectivity index (χ0v) is 11.1. The Labute approximate surface area is 111 Å². The Morgan fingerprint density at radius 1 is 1.47 bits per heavy atom. The number of aromatic nitrogens is 3. The van der Waals surface area contributed by atoms with Gasteiger partial charge >= 0.3 is 5.97 Å². The normalized spacial score (nSPS) is 19.7. The Morgan fingerprint density at radius 2 is 2.21 bits per heavy atom. The third-order valence-electron chi connectivity index (χ3n) is 3.30. The molecule has 1 fully saturated rings. The van der Waals surface area contributed by atoms with E-state index in [1.54, 1.807) is 0 Å². The minimum Gasteiger partial charge on any atom is -0.481 e. The van der Waals surface area contributed by atoms with E-state index in [0.29, 0.717) is 25.2 Å². The van der Waals surface area contributed by atoms with Crippen LogP contribution in [0, 0.1) is 5.92 Å². The van der Waals surface area contributed by atoms with Crippen LogP contribution in [0.5, 0.6) is 0 Å². The maximum atomic E-state index is 12.2. The largest absolute Gasteiger partial charge is 0.481 e. The number of carboxylic acid groups (broad SMARTS) is 1. The molecule has 2 N–H and O–H groups in total. The maximum absolute atomic E-state index is 12.2. The summed E-state index contributed by atoms with van der Waals surface area (Å²) < 4.78 is 0. The van der Waals surface area contributed by atoms with Crippen molar-refractivity contribution in [3.63, 3.8) is 0 Å². The van der Waals surface area contributed by atoms with Crippen LogP contribution >= 0.6 is 0 Å². The minimum atomic E-state index is -0.852. The number of rotatable bonds is 3. The molecule has 0 aliphatic carbocycles. The number of aromatic amines is 1. The van der Waals surface area contributed by atoms with Gasteiger partial charge in [0, 0.05) is 19.0 Å². The van der Waals surface area contributed by atoms with Crippen LogP contribution in [0.3, 0.4) is 0 Å². The van der Waals surface area contributed by atoms with Gasteiger partial charge in [0.2, 0.25) is 5.82 Å². The summed E-state index contributed by atoms with van der Waals surface area (Å²) >= 11 is 0. The number of carbonyl (C=O) groups excluding carboxylic acids is 1. The van der Waals surface area contributed by atoms with Gasteiger partial charge in [0.25, 0.3) is 5.91 Å². The third kappa shape index (κ3) is 2.91. The van der Waals surface area contributed by atoms with E-state index in [0.717, 1.165) is 0 Å². The number of hydrogen-bond acceptors (Lipinski definition) is 4. The van der Waals surface area contributed by atoms with Crippen LogP contribution in [-0.2, 0) is 4.79 Å². The molecular formula is C12H18N4O3. The molecule has 0 saturated carbocycles. The summed E-state index contributed by atoms with van der Waals surface area (Å²) in [6.07, 6.45) is 1.31. The van der Waals surface area contributed by atoms with Crippen molar-refractivity contribution in [1.29, 1.82) is 0 Å². The van der Waals surface area contributed by atoms with Gasteiger partial charge in [-0.25, -0.2) is 4.98 Å². The smallest absolute Gasteiger partial charge is 0.308 e. The van der Waals surface area contributed by atoms with Crippen molar-refractivity contribution in [2.75, 3.05) is 13.1 Å². The van der Waals surface area contributed by atoms with Crippen molar-refractivity contribution >= 4 is 11.9 Å². The summed E-state index contributed by atoms with van der Waals surface area (Å²) in [7, 11) is 0. The van der Waals surface area contributed by atoms with Crippen LogP contribution in [0.25, 0.3) is 0 Å². The number of carbonyl (C=O) groups is 2. The van der Waals surface area contributed by atoms with Gasteiger partial charge in [-0.05, 0) is 12.8 Å². The first-order chi connectivity index (χ1) is 8.99. The van der Waals surface area contributed by atoms with Crippen molar-refractivity contribution in [2.45, 2.75) is 32.6 Å². The van der Waals surface area contributed by atoms with Crippen LogP contribution in [0.1, 0.15) is 49.1 Å². The first kappa shape index (κ1) is 13.5. The molecule has 0 bridgehead atoms. The number of piperidine rings is 1. The summed E-state index contributed by atoms with van der Waals surface area (Å²) in [6.45, 7) is 4.71. The molecule has 1 amide bonds. The topological polar surface area (TPSA) is 99.2 Å². The number of nitrogens with zero attached hydrogens (tertiary/aromatic N) is 3. The van der Waals surface area contributed by atoms with E-state index in [2.05, 4.69) is 15.2 Å². The standard InChI is InChI=1S/C12H18N4O3/c1-7(2)9-13-10(15-14-9)11(17)16-5-3-4-8(6-16)12(18)19/h7-8H,3-6H2,1-2H3,(H,18,19)(H,13,14,15)/t8-/m1/s1. The Bertz CT molecular complexity index is 483. The predicted octanol–water partition coefficient (Wildman–Crippen LogP) is 0.865. The average molecular weight is 266 g/mol. The van der Waals surface area contributed by atoms with E-state index in [1.165, 1.54) is 4.90 Å². The zero-order chi connectivity index (χ0) is 14.0. The van der Waals surface area contributed by atoms with Crippen LogP contribution in [0.15, 0.2) is 0 Å². The molecule has 7 nitrogen and oxygen atoms in total. The number of nitrogens with one attached hydrogen (secondary N) is 1. The number of amides is 1. The van der Waals surface area contributed by atoms with Crippen molar-refractivity contribution in [3.8, 4) is 0 Å². The molecule has 1 saturated heterocycles. The van der Waals surface area contributed by atoms with Gasteiger partial charge in [-0.2, -0.15) is 0 Å². The summed E-state index contributed by atoms with van der Waals surface area (Å²) in [5, 5.41) is 15.7. The molecule has 0 unspecified atom stereocenters. The zero-order valence-electron chi connectivity index (χ0n) is 11.1. The number of carboxylic acids is 1. The SMILES string of the molecule is CC(C)c1nc(C(=O)N2CCC[C@@H](C(=O)O)C2)n[nH]1. The van der Waals surface area contributed by atoms with Crippen LogP contribution < -0.4 is 0 Å². The molecule has 0 aromatic carbocycles. The molecule has 1 aliphatic rings. The van der Waals surface area contributed by atoms with Gasteiger partial charge in [-0.3, -0.25) is 14.7 Å². The molecule has 2 rings (SSSR count). The summed E-state index contributed by atoms with van der Waals surface area (Å²) in [6, 6.07) is 0. The Kier molecular flexibility index (Phi) is 3.82. The van der Waals surface area contributed by atoms with E-state index in [4.69, 9.17) is 5.11 Å². The first-order valence-corrected chi connectivity index (χ1v) is 6.43. The fourth-order valence-electron chi connectivity index (χ4n) is 2.13. The fourth-order valence-corrected chi connectivity index (χ4v) is 2.13. The molecule has 0 spiro atoms. The van der Waals surface area contributed by atoms with Crippen molar-refractivity contribution in [2.24, 2.45) is 5.92 Å². The van der Waals surface area contributed by atoms with Gasteiger partial charge in [0.1, 0.15) is 5.82 Å². The van der Waals surface area contributed by atoms with Gasteiger partial charge in [-0.1, -0.05) is 13.8 Å². The average Bonchev–Trinajstić information content (AvgIpc) is 2.87. The second-order valence-corrected chi connectivity index (χ2v) is 5.13. The van der Waals surface area contributed by atoms with Crippen molar-refractivity contribution < 1.29 is 14.7 Å². The minimum absolute atomic E-state index is 0.120. The van der Waals surface area contributed by atoms with Gasteiger partial charge in [0.05, 0.1) is 5.92 Å². The number of likely N-dealkylation sites (tertiary alicyclic amines) is 1. The van der Waals surface area contributed by atoms with Gasteiger partial charge < -0.3 is 10.0 Å². The third-order valence-corrected chi connectivity index (χ3v) is 3.30.